The number of nitrogens with one attached hydrogen (secondary N) is 1. The molecule has 0 aliphatic carbocycles. The first-order valence-corrected chi connectivity index (χ1v) is 9.18. The van der Waals surface area contributed by atoms with Crippen LogP contribution in [0.3, 0.4) is 0 Å². The van der Waals surface area contributed by atoms with Crippen LogP contribution in [0.25, 0.3) is 0 Å². The minimum absolute atomic E-state index is 0.0279. The molecule has 2 amide bonds. The Morgan fingerprint density at radius 1 is 1.36 bits per heavy atom. The van der Waals surface area contributed by atoms with E-state index in [1.807, 2.05) is 30.9 Å². The van der Waals surface area contributed by atoms with Gasteiger partial charge in [0.2, 0.25) is 11.8 Å². The summed E-state index contributed by atoms with van der Waals surface area (Å²) < 4.78 is 5.27. The maximum atomic E-state index is 12.3. The highest BCUT2D eigenvalue weighted by atomic mass is 16.5. The Hall–Kier alpha value is -2.04. The standard InChI is InChI=1S/C20H30N2O3/c1-15(2)20(24)21-13-19(23)22-11-5-7-17(14-22)10-9-16-6-4-8-18(12-16)25-3/h4,6,8,12,15,17H,5,7,9-11,13-14H2,1-3H3,(H,21,24)/t17-/m0/s1. The predicted molar refractivity (Wildman–Crippen MR) is 98.5 cm³/mol. The molecule has 1 N–H and O–H groups in total. The van der Waals surface area contributed by atoms with Crippen molar-refractivity contribution < 1.29 is 14.3 Å². The lowest BCUT2D eigenvalue weighted by atomic mass is 9.91. The van der Waals surface area contributed by atoms with E-state index in [4.69, 9.17) is 4.74 Å². The van der Waals surface area contributed by atoms with E-state index in [1.165, 1.54) is 5.56 Å². The number of benzene rings is 1. The van der Waals surface area contributed by atoms with Gasteiger partial charge in [0, 0.05) is 19.0 Å². The van der Waals surface area contributed by atoms with Crippen molar-refractivity contribution in [1.82, 2.24) is 10.2 Å². The van der Waals surface area contributed by atoms with E-state index in [0.717, 1.165) is 44.5 Å². The fraction of sp³-hybridized carbons (Fsp3) is 0.600. The van der Waals surface area contributed by atoms with Crippen molar-refractivity contribution in [2.75, 3.05) is 26.7 Å². The van der Waals surface area contributed by atoms with E-state index in [0.29, 0.717) is 5.92 Å². The molecule has 0 radical (unpaired) electrons. The highest BCUT2D eigenvalue weighted by Crippen LogP contribution is 2.23. The van der Waals surface area contributed by atoms with Crippen LogP contribution >= 0.6 is 0 Å². The molecule has 0 saturated carbocycles. The second-order valence-corrected chi connectivity index (χ2v) is 7.11. The van der Waals surface area contributed by atoms with Crippen LogP contribution in [-0.4, -0.2) is 43.5 Å². The lowest BCUT2D eigenvalue weighted by Crippen LogP contribution is -2.45. The Morgan fingerprint density at radius 3 is 2.88 bits per heavy atom. The molecule has 1 aliphatic rings. The predicted octanol–water partition coefficient (Wildman–Crippen LogP) is 2.64. The Labute approximate surface area is 150 Å². The number of likely N-dealkylation sites (tertiary alicyclic amines) is 1. The van der Waals surface area contributed by atoms with Gasteiger partial charge in [-0.2, -0.15) is 0 Å². The number of ether oxygens (including phenoxy) is 1. The van der Waals surface area contributed by atoms with E-state index >= 15 is 0 Å². The molecule has 0 unspecified atom stereocenters. The smallest absolute Gasteiger partial charge is 0.241 e. The second kappa shape index (κ2) is 9.44. The molecular weight excluding hydrogens is 316 g/mol. The van der Waals surface area contributed by atoms with Gasteiger partial charge in [0.25, 0.3) is 0 Å². The lowest BCUT2D eigenvalue weighted by molar-refractivity contribution is -0.135. The van der Waals surface area contributed by atoms with Crippen molar-refractivity contribution in [2.45, 2.75) is 39.5 Å². The Morgan fingerprint density at radius 2 is 2.16 bits per heavy atom. The summed E-state index contributed by atoms with van der Waals surface area (Å²) in [7, 11) is 1.68. The number of nitrogens with zero attached hydrogens (tertiary/aromatic N) is 1. The normalized spacial score (nSPS) is 17.4. The molecule has 5 nitrogen and oxygen atoms in total. The summed E-state index contributed by atoms with van der Waals surface area (Å²) >= 11 is 0. The number of hydrogen-bond acceptors (Lipinski definition) is 3. The average molecular weight is 346 g/mol. The molecule has 25 heavy (non-hydrogen) atoms. The molecule has 1 aromatic rings. The molecule has 0 aromatic heterocycles. The molecule has 0 bridgehead atoms. The van der Waals surface area contributed by atoms with E-state index < -0.39 is 0 Å². The molecule has 5 heteroatoms. The zero-order valence-electron chi connectivity index (χ0n) is 15.6. The summed E-state index contributed by atoms with van der Waals surface area (Å²) in [4.78, 5) is 25.8. The third-order valence-electron chi connectivity index (χ3n) is 4.79. The molecule has 1 aliphatic heterocycles. The second-order valence-electron chi connectivity index (χ2n) is 7.11. The fourth-order valence-corrected chi connectivity index (χ4v) is 3.20. The van der Waals surface area contributed by atoms with Crippen molar-refractivity contribution in [3.8, 4) is 5.75 Å². The van der Waals surface area contributed by atoms with E-state index in [2.05, 4.69) is 17.4 Å². The summed E-state index contributed by atoms with van der Waals surface area (Å²) in [5, 5.41) is 2.72. The lowest BCUT2D eigenvalue weighted by Gasteiger charge is -2.33. The number of methoxy groups -OCH3 is 1. The Kier molecular flexibility index (Phi) is 7.29. The third-order valence-corrected chi connectivity index (χ3v) is 4.79. The Bertz CT molecular complexity index is 586. The average Bonchev–Trinajstić information content (AvgIpc) is 2.64. The van der Waals surface area contributed by atoms with Gasteiger partial charge in [-0.05, 0) is 49.3 Å². The van der Waals surface area contributed by atoms with Gasteiger partial charge in [-0.1, -0.05) is 26.0 Å². The number of carbonyl (C=O) groups excluding carboxylic acids is 2. The van der Waals surface area contributed by atoms with Crippen LogP contribution in [0.1, 0.15) is 38.7 Å². The molecule has 1 atom stereocenters. The summed E-state index contributed by atoms with van der Waals surface area (Å²) in [5.41, 5.74) is 1.27. The van der Waals surface area contributed by atoms with Gasteiger partial charge in [-0.15, -0.1) is 0 Å². The topological polar surface area (TPSA) is 58.6 Å². The zero-order chi connectivity index (χ0) is 18.2. The van der Waals surface area contributed by atoms with Crippen molar-refractivity contribution in [3.05, 3.63) is 29.8 Å². The number of rotatable bonds is 7. The van der Waals surface area contributed by atoms with Crippen LogP contribution < -0.4 is 10.1 Å². The number of hydrogen-bond donors (Lipinski definition) is 1. The minimum atomic E-state index is -0.0928. The summed E-state index contributed by atoms with van der Waals surface area (Å²) in [6.07, 6.45) is 4.25. The molecule has 1 saturated heterocycles. The molecule has 1 fully saturated rings. The van der Waals surface area contributed by atoms with E-state index in [-0.39, 0.29) is 24.3 Å². The summed E-state index contributed by atoms with van der Waals surface area (Å²) in [5.74, 6) is 1.27. The van der Waals surface area contributed by atoms with E-state index in [9.17, 15) is 9.59 Å². The number of amides is 2. The van der Waals surface area contributed by atoms with Gasteiger partial charge in [0.1, 0.15) is 5.75 Å². The maximum absolute atomic E-state index is 12.3. The monoisotopic (exact) mass is 346 g/mol. The van der Waals surface area contributed by atoms with Crippen LogP contribution in [0.15, 0.2) is 24.3 Å². The number of piperidine rings is 1. The number of aryl methyl sites for hydroxylation is 1. The fourth-order valence-electron chi connectivity index (χ4n) is 3.20. The first kappa shape index (κ1) is 19.3. The first-order valence-electron chi connectivity index (χ1n) is 9.18. The SMILES string of the molecule is COc1cccc(CC[C@@H]2CCCN(C(=O)CNC(=O)C(C)C)C2)c1. The summed E-state index contributed by atoms with van der Waals surface area (Å²) in [6, 6.07) is 8.17. The highest BCUT2D eigenvalue weighted by Gasteiger charge is 2.23. The molecule has 0 spiro atoms. The number of carbonyl (C=O) groups is 2. The van der Waals surface area contributed by atoms with Gasteiger partial charge >= 0.3 is 0 Å². The maximum Gasteiger partial charge on any atom is 0.241 e. The van der Waals surface area contributed by atoms with Crippen LogP contribution in [-0.2, 0) is 16.0 Å². The van der Waals surface area contributed by atoms with Gasteiger partial charge in [-0.3, -0.25) is 9.59 Å². The van der Waals surface area contributed by atoms with Crippen LogP contribution in [0.4, 0.5) is 0 Å². The summed E-state index contributed by atoms with van der Waals surface area (Å²) in [6.45, 7) is 5.36. The largest absolute Gasteiger partial charge is 0.497 e. The molecule has 138 valence electrons. The molecule has 1 heterocycles. The van der Waals surface area contributed by atoms with Crippen molar-refractivity contribution in [3.63, 3.8) is 0 Å². The van der Waals surface area contributed by atoms with E-state index in [1.54, 1.807) is 7.11 Å². The van der Waals surface area contributed by atoms with Gasteiger partial charge in [0.05, 0.1) is 13.7 Å². The highest BCUT2D eigenvalue weighted by molar-refractivity contribution is 5.85. The van der Waals surface area contributed by atoms with Crippen molar-refractivity contribution >= 4 is 11.8 Å². The van der Waals surface area contributed by atoms with Crippen LogP contribution in [0.5, 0.6) is 5.75 Å². The molecular formula is C20H30N2O3. The zero-order valence-corrected chi connectivity index (χ0v) is 15.6. The van der Waals surface area contributed by atoms with Crippen LogP contribution in [0, 0.1) is 11.8 Å². The quantitative estimate of drug-likeness (QED) is 0.826. The Balaban J connectivity index is 1.79. The van der Waals surface area contributed by atoms with Crippen molar-refractivity contribution in [2.24, 2.45) is 11.8 Å². The van der Waals surface area contributed by atoms with Gasteiger partial charge in [-0.25, -0.2) is 0 Å². The van der Waals surface area contributed by atoms with Gasteiger partial charge in [0.15, 0.2) is 0 Å². The minimum Gasteiger partial charge on any atom is -0.497 e. The third kappa shape index (κ3) is 6.07. The van der Waals surface area contributed by atoms with Gasteiger partial charge < -0.3 is 15.0 Å². The van der Waals surface area contributed by atoms with Crippen molar-refractivity contribution in [1.29, 1.82) is 0 Å². The molecule has 2 rings (SSSR count). The van der Waals surface area contributed by atoms with Crippen LogP contribution in [0.2, 0.25) is 0 Å². The molecule has 1 aromatic carbocycles. The first-order chi connectivity index (χ1) is 12.0.